The van der Waals surface area contributed by atoms with Gasteiger partial charge in [-0.25, -0.2) is 9.78 Å². The fourth-order valence-corrected chi connectivity index (χ4v) is 3.05. The lowest BCUT2D eigenvalue weighted by atomic mass is 10.0. The van der Waals surface area contributed by atoms with Gasteiger partial charge in [-0.15, -0.1) is 0 Å². The maximum atomic E-state index is 12.4. The number of carbonyl (C=O) groups excluding carboxylic acids is 2. The van der Waals surface area contributed by atoms with Gasteiger partial charge < -0.3 is 20.5 Å². The summed E-state index contributed by atoms with van der Waals surface area (Å²) in [7, 11) is 0. The number of hydrogen-bond donors (Lipinski definition) is 4. The summed E-state index contributed by atoms with van der Waals surface area (Å²) >= 11 is 6.15. The number of aromatic nitrogens is 1. The molecule has 3 amide bonds. The number of hydrogen-bond acceptors (Lipinski definition) is 5. The molecule has 1 aromatic heterocycles. The molecule has 2 heterocycles. The molecule has 8 nitrogen and oxygen atoms in total. The van der Waals surface area contributed by atoms with Crippen molar-refractivity contribution in [3.8, 4) is 5.75 Å². The number of urea groups is 1. The van der Waals surface area contributed by atoms with Crippen molar-refractivity contribution in [2.45, 2.75) is 25.5 Å². The van der Waals surface area contributed by atoms with Crippen LogP contribution in [0.1, 0.15) is 35.4 Å². The van der Waals surface area contributed by atoms with E-state index in [1.807, 2.05) is 6.07 Å². The molecule has 0 aliphatic carbocycles. The van der Waals surface area contributed by atoms with Crippen molar-refractivity contribution in [2.24, 2.45) is 0 Å². The minimum absolute atomic E-state index is 0.115. The first-order chi connectivity index (χ1) is 13.4. The number of para-hydroxylation sites is 1. The van der Waals surface area contributed by atoms with Gasteiger partial charge in [0.05, 0.1) is 23.8 Å². The predicted octanol–water partition coefficient (Wildman–Crippen LogP) is 2.49. The molecule has 9 heteroatoms. The SMILES string of the molecule is C[C@@H](O)CNC(=O)c1cccc(NC(=O)N[C@H]2CCOc3c(Cl)cccc32)n1. The highest BCUT2D eigenvalue weighted by Crippen LogP contribution is 2.37. The van der Waals surface area contributed by atoms with Crippen molar-refractivity contribution in [3.05, 3.63) is 52.7 Å². The van der Waals surface area contributed by atoms with Gasteiger partial charge in [0.25, 0.3) is 5.91 Å². The van der Waals surface area contributed by atoms with Crippen molar-refractivity contribution >= 4 is 29.4 Å². The van der Waals surface area contributed by atoms with Crippen LogP contribution in [0, 0.1) is 0 Å². The standard InChI is InChI=1S/C19H21ClN4O4/c1-11(25)10-21-18(26)15-6-3-7-16(22-15)24-19(27)23-14-8-9-28-17-12(14)4-2-5-13(17)20/h2-7,11,14,25H,8-10H2,1H3,(H,21,26)(H2,22,23,24,27)/t11-,14+/m1/s1. The molecule has 0 radical (unpaired) electrons. The molecule has 0 bridgehead atoms. The molecule has 1 aromatic carbocycles. The van der Waals surface area contributed by atoms with Gasteiger partial charge in [-0.2, -0.15) is 0 Å². The van der Waals surface area contributed by atoms with Gasteiger partial charge >= 0.3 is 6.03 Å². The van der Waals surface area contributed by atoms with Crippen LogP contribution in [0.2, 0.25) is 5.02 Å². The number of aliphatic hydroxyl groups is 1. The van der Waals surface area contributed by atoms with E-state index in [1.165, 1.54) is 6.07 Å². The molecular formula is C19H21ClN4O4. The lowest BCUT2D eigenvalue weighted by Gasteiger charge is -2.27. The molecule has 1 aliphatic rings. The number of nitrogens with one attached hydrogen (secondary N) is 3. The Bertz CT molecular complexity index is 875. The Balaban J connectivity index is 1.64. The van der Waals surface area contributed by atoms with E-state index >= 15 is 0 Å². The number of benzene rings is 1. The quantitative estimate of drug-likeness (QED) is 0.611. The highest BCUT2D eigenvalue weighted by molar-refractivity contribution is 6.32. The Kier molecular flexibility index (Phi) is 6.33. The monoisotopic (exact) mass is 404 g/mol. The van der Waals surface area contributed by atoms with E-state index in [1.54, 1.807) is 31.2 Å². The third-order valence-corrected chi connectivity index (χ3v) is 4.41. The molecule has 2 aromatic rings. The highest BCUT2D eigenvalue weighted by atomic mass is 35.5. The molecule has 0 saturated carbocycles. The third-order valence-electron chi connectivity index (χ3n) is 4.11. The molecule has 0 fully saturated rings. The van der Waals surface area contributed by atoms with Gasteiger partial charge in [0.1, 0.15) is 17.3 Å². The number of amides is 3. The maximum Gasteiger partial charge on any atom is 0.320 e. The van der Waals surface area contributed by atoms with Gasteiger partial charge in [-0.1, -0.05) is 29.8 Å². The molecule has 3 rings (SSSR count). The molecule has 28 heavy (non-hydrogen) atoms. The smallest absolute Gasteiger partial charge is 0.320 e. The first kappa shape index (κ1) is 19.9. The molecule has 148 valence electrons. The summed E-state index contributed by atoms with van der Waals surface area (Å²) < 4.78 is 5.59. The van der Waals surface area contributed by atoms with Crippen molar-refractivity contribution in [2.75, 3.05) is 18.5 Å². The van der Waals surface area contributed by atoms with Crippen LogP contribution in [0.25, 0.3) is 0 Å². The second kappa shape index (κ2) is 8.90. The number of fused-ring (bicyclic) bond motifs is 1. The number of halogens is 1. The minimum atomic E-state index is -0.660. The average Bonchev–Trinajstić information content (AvgIpc) is 2.67. The zero-order chi connectivity index (χ0) is 20.1. The molecular weight excluding hydrogens is 384 g/mol. The molecule has 0 spiro atoms. The van der Waals surface area contributed by atoms with Gasteiger partial charge in [-0.3, -0.25) is 10.1 Å². The Labute approximate surface area is 167 Å². The van der Waals surface area contributed by atoms with Crippen LogP contribution < -0.4 is 20.7 Å². The third kappa shape index (κ3) is 4.90. The van der Waals surface area contributed by atoms with Crippen LogP contribution in [-0.4, -0.2) is 41.3 Å². The Morgan fingerprint density at radius 1 is 1.32 bits per heavy atom. The van der Waals surface area contributed by atoms with Crippen LogP contribution >= 0.6 is 11.6 Å². The van der Waals surface area contributed by atoms with Gasteiger partial charge in [0, 0.05) is 18.5 Å². The van der Waals surface area contributed by atoms with Crippen LogP contribution in [0.4, 0.5) is 10.6 Å². The normalized spacial score (nSPS) is 16.3. The fourth-order valence-electron chi connectivity index (χ4n) is 2.81. The van der Waals surface area contributed by atoms with Crippen LogP contribution in [0.5, 0.6) is 5.75 Å². The summed E-state index contributed by atoms with van der Waals surface area (Å²) in [6.07, 6.45) is -0.0532. The van der Waals surface area contributed by atoms with E-state index in [0.717, 1.165) is 5.56 Å². The van der Waals surface area contributed by atoms with Crippen molar-refractivity contribution in [1.82, 2.24) is 15.6 Å². The molecule has 4 N–H and O–H groups in total. The molecule has 2 atom stereocenters. The maximum absolute atomic E-state index is 12.4. The lowest BCUT2D eigenvalue weighted by Crippen LogP contribution is -2.35. The summed E-state index contributed by atoms with van der Waals surface area (Å²) in [5.74, 6) is 0.383. The molecule has 0 saturated heterocycles. The van der Waals surface area contributed by atoms with Gasteiger partial charge in [-0.05, 0) is 25.1 Å². The summed E-state index contributed by atoms with van der Waals surface area (Å²) in [5, 5.41) is 17.8. The number of ether oxygens (including phenoxy) is 1. The Hall–Kier alpha value is -2.84. The van der Waals surface area contributed by atoms with Gasteiger partial charge in [0.2, 0.25) is 0 Å². The van der Waals surface area contributed by atoms with Crippen molar-refractivity contribution < 1.29 is 19.4 Å². The highest BCUT2D eigenvalue weighted by Gasteiger charge is 2.24. The topological polar surface area (TPSA) is 113 Å². The second-order valence-electron chi connectivity index (χ2n) is 6.41. The summed E-state index contributed by atoms with van der Waals surface area (Å²) in [4.78, 5) is 28.6. The summed E-state index contributed by atoms with van der Waals surface area (Å²) in [6, 6.07) is 9.42. The number of anilines is 1. The first-order valence-corrected chi connectivity index (χ1v) is 9.24. The van der Waals surface area contributed by atoms with Crippen LogP contribution in [0.15, 0.2) is 36.4 Å². The second-order valence-corrected chi connectivity index (χ2v) is 6.82. The zero-order valence-electron chi connectivity index (χ0n) is 15.2. The number of nitrogens with zero attached hydrogens (tertiary/aromatic N) is 1. The van der Waals surface area contributed by atoms with Crippen molar-refractivity contribution in [3.63, 3.8) is 0 Å². The molecule has 0 unspecified atom stereocenters. The lowest BCUT2D eigenvalue weighted by molar-refractivity contribution is 0.0919. The van der Waals surface area contributed by atoms with E-state index < -0.39 is 18.0 Å². The number of pyridine rings is 1. The largest absolute Gasteiger partial charge is 0.492 e. The van der Waals surface area contributed by atoms with Crippen LogP contribution in [0.3, 0.4) is 0 Å². The predicted molar refractivity (Wildman–Crippen MR) is 105 cm³/mol. The zero-order valence-corrected chi connectivity index (χ0v) is 16.0. The molecule has 1 aliphatic heterocycles. The minimum Gasteiger partial charge on any atom is -0.492 e. The average molecular weight is 405 g/mol. The number of rotatable bonds is 5. The van der Waals surface area contributed by atoms with E-state index in [0.29, 0.717) is 23.8 Å². The summed E-state index contributed by atoms with van der Waals surface area (Å²) in [5.41, 5.74) is 0.953. The van der Waals surface area contributed by atoms with E-state index in [9.17, 15) is 14.7 Å². The van der Waals surface area contributed by atoms with Crippen molar-refractivity contribution in [1.29, 1.82) is 0 Å². The fraction of sp³-hybridized carbons (Fsp3) is 0.316. The Morgan fingerprint density at radius 3 is 2.89 bits per heavy atom. The Morgan fingerprint density at radius 2 is 2.11 bits per heavy atom. The first-order valence-electron chi connectivity index (χ1n) is 8.86. The van der Waals surface area contributed by atoms with E-state index in [2.05, 4.69) is 20.9 Å². The van der Waals surface area contributed by atoms with Crippen LogP contribution in [-0.2, 0) is 0 Å². The van der Waals surface area contributed by atoms with E-state index in [-0.39, 0.29) is 24.1 Å². The van der Waals surface area contributed by atoms with E-state index in [4.69, 9.17) is 16.3 Å². The number of aliphatic hydroxyl groups excluding tert-OH is 1. The van der Waals surface area contributed by atoms with Gasteiger partial charge in [0.15, 0.2) is 0 Å². The number of carbonyl (C=O) groups is 2. The summed E-state index contributed by atoms with van der Waals surface area (Å²) in [6.45, 7) is 2.13.